The lowest BCUT2D eigenvalue weighted by molar-refractivity contribution is 0.0985. The minimum atomic E-state index is -0.0420. The van der Waals surface area contributed by atoms with Crippen molar-refractivity contribution in [2.45, 2.75) is 13.2 Å². The van der Waals surface area contributed by atoms with Gasteiger partial charge in [-0.25, -0.2) is 0 Å². The Bertz CT molecular complexity index is 1060. The van der Waals surface area contributed by atoms with E-state index in [1.165, 1.54) is 0 Å². The summed E-state index contributed by atoms with van der Waals surface area (Å²) in [4.78, 5) is 15.1. The number of carbonyl (C=O) groups excluding carboxylic acids is 1. The molecule has 4 aromatic carbocycles. The molecule has 4 aromatic rings. The third-order valence-electron chi connectivity index (χ3n) is 4.85. The van der Waals surface area contributed by atoms with Gasteiger partial charge in [0.2, 0.25) is 0 Å². The Hall–Kier alpha value is -3.85. The van der Waals surface area contributed by atoms with Crippen molar-refractivity contribution in [1.82, 2.24) is 0 Å². The summed E-state index contributed by atoms with van der Waals surface area (Å²) in [7, 11) is 0. The number of benzene rings is 4. The van der Waals surface area contributed by atoms with Gasteiger partial charge in [-0.2, -0.15) is 0 Å². The van der Waals surface area contributed by atoms with E-state index in [2.05, 4.69) is 0 Å². The van der Waals surface area contributed by atoms with Gasteiger partial charge in [0.25, 0.3) is 5.91 Å². The van der Waals surface area contributed by atoms with Crippen molar-refractivity contribution in [2.75, 3.05) is 4.90 Å². The Morgan fingerprint density at radius 1 is 0.633 bits per heavy atom. The second-order valence-electron chi connectivity index (χ2n) is 7.01. The number of rotatable bonds is 7. The van der Waals surface area contributed by atoms with E-state index in [0.717, 1.165) is 22.6 Å². The van der Waals surface area contributed by atoms with Crippen LogP contribution < -0.4 is 9.64 Å². The summed E-state index contributed by atoms with van der Waals surface area (Å²) < 4.78 is 5.84. The Kier molecular flexibility index (Phi) is 6.21. The molecule has 0 heterocycles. The minimum absolute atomic E-state index is 0.0420. The van der Waals surface area contributed by atoms with Crippen LogP contribution in [-0.2, 0) is 13.2 Å². The van der Waals surface area contributed by atoms with Crippen molar-refractivity contribution in [2.24, 2.45) is 0 Å². The maximum absolute atomic E-state index is 13.3. The largest absolute Gasteiger partial charge is 0.489 e. The van der Waals surface area contributed by atoms with Crippen molar-refractivity contribution in [3.05, 3.63) is 132 Å². The molecule has 0 N–H and O–H groups in total. The molecule has 3 nitrogen and oxygen atoms in total. The van der Waals surface area contributed by atoms with E-state index < -0.39 is 0 Å². The van der Waals surface area contributed by atoms with Crippen LogP contribution >= 0.6 is 0 Å². The second kappa shape index (κ2) is 9.57. The predicted molar refractivity (Wildman–Crippen MR) is 121 cm³/mol. The molecule has 0 aliphatic carbocycles. The summed E-state index contributed by atoms with van der Waals surface area (Å²) in [5.74, 6) is 0.699. The molecule has 0 aromatic heterocycles. The zero-order chi connectivity index (χ0) is 20.6. The molecule has 3 heteroatoms. The molecule has 0 aliphatic rings. The fraction of sp³-hybridized carbons (Fsp3) is 0.0741. The Morgan fingerprint density at radius 2 is 1.17 bits per heavy atom. The van der Waals surface area contributed by atoms with E-state index in [1.54, 1.807) is 4.90 Å². The van der Waals surface area contributed by atoms with Crippen molar-refractivity contribution < 1.29 is 9.53 Å². The first kappa shape index (κ1) is 19.5. The smallest absolute Gasteiger partial charge is 0.258 e. The van der Waals surface area contributed by atoms with E-state index in [1.807, 2.05) is 115 Å². The number of hydrogen-bond donors (Lipinski definition) is 0. The predicted octanol–water partition coefficient (Wildman–Crippen LogP) is 6.11. The zero-order valence-electron chi connectivity index (χ0n) is 16.6. The average Bonchev–Trinajstić information content (AvgIpc) is 2.83. The van der Waals surface area contributed by atoms with Crippen LogP contribution in [0.25, 0.3) is 0 Å². The van der Waals surface area contributed by atoms with Crippen LogP contribution in [0, 0.1) is 0 Å². The highest BCUT2D eigenvalue weighted by Crippen LogP contribution is 2.22. The zero-order valence-corrected chi connectivity index (χ0v) is 16.6. The first-order chi connectivity index (χ1) is 14.8. The maximum Gasteiger partial charge on any atom is 0.258 e. The minimum Gasteiger partial charge on any atom is -0.489 e. The summed E-state index contributed by atoms with van der Waals surface area (Å²) >= 11 is 0. The van der Waals surface area contributed by atoms with Crippen LogP contribution in [0.15, 0.2) is 115 Å². The van der Waals surface area contributed by atoms with Crippen molar-refractivity contribution >= 4 is 11.6 Å². The van der Waals surface area contributed by atoms with E-state index >= 15 is 0 Å². The Morgan fingerprint density at radius 3 is 1.77 bits per heavy atom. The Labute approximate surface area is 177 Å². The van der Waals surface area contributed by atoms with E-state index in [0.29, 0.717) is 18.7 Å². The Balaban J connectivity index is 1.51. The van der Waals surface area contributed by atoms with Gasteiger partial charge in [-0.1, -0.05) is 78.9 Å². The third kappa shape index (κ3) is 4.95. The normalized spacial score (nSPS) is 10.4. The van der Waals surface area contributed by atoms with Gasteiger partial charge in [0, 0.05) is 11.3 Å². The molecule has 0 bridgehead atoms. The molecule has 4 rings (SSSR count). The van der Waals surface area contributed by atoms with Gasteiger partial charge in [0.05, 0.1) is 6.54 Å². The topological polar surface area (TPSA) is 29.5 Å². The molecule has 30 heavy (non-hydrogen) atoms. The highest BCUT2D eigenvalue weighted by molar-refractivity contribution is 6.06. The molecule has 0 saturated carbocycles. The summed E-state index contributed by atoms with van der Waals surface area (Å²) in [5.41, 5.74) is 3.69. The van der Waals surface area contributed by atoms with Gasteiger partial charge in [-0.05, 0) is 47.5 Å². The fourth-order valence-electron chi connectivity index (χ4n) is 3.24. The number of amides is 1. The van der Waals surface area contributed by atoms with Crippen LogP contribution in [0.2, 0.25) is 0 Å². The summed E-state index contributed by atoms with van der Waals surface area (Å²) in [6.07, 6.45) is 0. The molecule has 0 saturated heterocycles. The number of ether oxygens (including phenoxy) is 1. The molecule has 148 valence electrons. The van der Waals surface area contributed by atoms with Crippen molar-refractivity contribution in [1.29, 1.82) is 0 Å². The first-order valence-corrected chi connectivity index (χ1v) is 9.97. The van der Waals surface area contributed by atoms with Gasteiger partial charge in [-0.3, -0.25) is 4.79 Å². The molecule has 0 aliphatic heterocycles. The first-order valence-electron chi connectivity index (χ1n) is 9.97. The second-order valence-corrected chi connectivity index (χ2v) is 7.01. The van der Waals surface area contributed by atoms with Crippen LogP contribution in [0.3, 0.4) is 0 Å². The van der Waals surface area contributed by atoms with Gasteiger partial charge >= 0.3 is 0 Å². The van der Waals surface area contributed by atoms with Gasteiger partial charge in [0.15, 0.2) is 0 Å². The van der Waals surface area contributed by atoms with Crippen LogP contribution in [0.5, 0.6) is 5.75 Å². The molecule has 0 atom stereocenters. The number of carbonyl (C=O) groups is 1. The molecule has 1 amide bonds. The van der Waals surface area contributed by atoms with Crippen LogP contribution in [-0.4, -0.2) is 5.91 Å². The lowest BCUT2D eigenvalue weighted by Gasteiger charge is -2.23. The monoisotopic (exact) mass is 393 g/mol. The van der Waals surface area contributed by atoms with Gasteiger partial charge in [0.1, 0.15) is 12.4 Å². The van der Waals surface area contributed by atoms with Crippen molar-refractivity contribution in [3.8, 4) is 5.75 Å². The quantitative estimate of drug-likeness (QED) is 0.379. The van der Waals surface area contributed by atoms with E-state index in [-0.39, 0.29) is 5.91 Å². The lowest BCUT2D eigenvalue weighted by Crippen LogP contribution is -2.30. The lowest BCUT2D eigenvalue weighted by atomic mass is 10.1. The standard InChI is InChI=1S/C27H23NO2/c29-27(24-16-18-26(19-17-24)30-21-23-12-6-2-7-13-23)28(25-14-8-3-9-15-25)20-22-10-4-1-5-11-22/h1-19H,20-21H2. The molecule has 0 spiro atoms. The number of anilines is 1. The van der Waals surface area contributed by atoms with E-state index in [9.17, 15) is 4.79 Å². The van der Waals surface area contributed by atoms with Crippen LogP contribution in [0.1, 0.15) is 21.5 Å². The summed E-state index contributed by atoms with van der Waals surface area (Å²) in [6, 6.07) is 37.1. The third-order valence-corrected chi connectivity index (χ3v) is 4.85. The van der Waals surface area contributed by atoms with Crippen LogP contribution in [0.4, 0.5) is 5.69 Å². The van der Waals surface area contributed by atoms with E-state index in [4.69, 9.17) is 4.74 Å². The fourth-order valence-corrected chi connectivity index (χ4v) is 3.24. The summed E-state index contributed by atoms with van der Waals surface area (Å²) in [6.45, 7) is 1.01. The number of hydrogen-bond acceptors (Lipinski definition) is 2. The number of para-hydroxylation sites is 1. The van der Waals surface area contributed by atoms with Gasteiger partial charge < -0.3 is 9.64 Å². The highest BCUT2D eigenvalue weighted by atomic mass is 16.5. The highest BCUT2D eigenvalue weighted by Gasteiger charge is 2.18. The van der Waals surface area contributed by atoms with Gasteiger partial charge in [-0.15, -0.1) is 0 Å². The molecule has 0 unspecified atom stereocenters. The average molecular weight is 393 g/mol. The van der Waals surface area contributed by atoms with Crippen molar-refractivity contribution in [3.63, 3.8) is 0 Å². The number of nitrogens with zero attached hydrogens (tertiary/aromatic N) is 1. The molecular weight excluding hydrogens is 370 g/mol. The molecule has 0 fully saturated rings. The molecular formula is C27H23NO2. The molecule has 0 radical (unpaired) electrons. The summed E-state index contributed by atoms with van der Waals surface area (Å²) in [5, 5.41) is 0. The SMILES string of the molecule is O=C(c1ccc(OCc2ccccc2)cc1)N(Cc1ccccc1)c1ccccc1. The maximum atomic E-state index is 13.3.